The Kier molecular flexibility index (Phi) is 1.54. The van der Waals surface area contributed by atoms with Crippen LogP contribution in [0.1, 0.15) is 5.56 Å². The molecule has 0 fully saturated rings. The Morgan fingerprint density at radius 1 is 1.69 bits per heavy atom. The second-order valence-corrected chi connectivity index (χ2v) is 2.92. The second-order valence-electron chi connectivity index (χ2n) is 2.92. The largest absolute Gasteiger partial charge is 0.369 e. The molecule has 1 aromatic heterocycles. The summed E-state index contributed by atoms with van der Waals surface area (Å²) < 4.78 is 0. The van der Waals surface area contributed by atoms with Gasteiger partial charge in [0, 0.05) is 5.56 Å². The molecule has 2 amide bonds. The Morgan fingerprint density at radius 2 is 2.46 bits per heavy atom. The van der Waals surface area contributed by atoms with Gasteiger partial charge in [-0.25, -0.2) is 0 Å². The Bertz CT molecular complexity index is 370. The predicted octanol–water partition coefficient (Wildman–Crippen LogP) is -0.994. The second kappa shape index (κ2) is 2.58. The average molecular weight is 180 g/mol. The molecule has 0 bridgehead atoms. The molecule has 13 heavy (non-hydrogen) atoms. The van der Waals surface area contributed by atoms with E-state index in [9.17, 15) is 9.59 Å². The number of rotatable bonds is 1. The van der Waals surface area contributed by atoms with Crippen LogP contribution in [0.3, 0.4) is 0 Å². The van der Waals surface area contributed by atoms with Crippen molar-refractivity contribution in [2.24, 2.45) is 11.7 Å². The summed E-state index contributed by atoms with van der Waals surface area (Å²) in [5, 5.41) is 8.87. The number of nitrogens with zero attached hydrogens (tertiary/aromatic N) is 1. The lowest BCUT2D eigenvalue weighted by atomic mass is 9.96. The Balaban J connectivity index is 2.32. The highest BCUT2D eigenvalue weighted by Crippen LogP contribution is 2.22. The molecule has 0 radical (unpaired) electrons. The van der Waals surface area contributed by atoms with Gasteiger partial charge in [0.1, 0.15) is 11.7 Å². The Labute approximate surface area is 73.5 Å². The molecule has 6 heteroatoms. The van der Waals surface area contributed by atoms with Gasteiger partial charge in [0.15, 0.2) is 0 Å². The number of fused-ring (bicyclic) bond motifs is 1. The molecule has 2 rings (SSSR count). The Morgan fingerprint density at radius 3 is 3.15 bits per heavy atom. The van der Waals surface area contributed by atoms with E-state index in [0.29, 0.717) is 12.2 Å². The van der Waals surface area contributed by atoms with E-state index in [2.05, 4.69) is 15.5 Å². The van der Waals surface area contributed by atoms with Crippen molar-refractivity contribution in [2.75, 3.05) is 5.32 Å². The molecule has 0 saturated carbocycles. The number of anilines is 1. The lowest BCUT2D eigenvalue weighted by Gasteiger charge is -2.18. The van der Waals surface area contributed by atoms with Crippen molar-refractivity contribution < 1.29 is 9.59 Å². The molecule has 0 aliphatic carbocycles. The van der Waals surface area contributed by atoms with E-state index in [-0.39, 0.29) is 5.91 Å². The van der Waals surface area contributed by atoms with E-state index in [1.54, 1.807) is 6.20 Å². The van der Waals surface area contributed by atoms with Crippen molar-refractivity contribution in [3.8, 4) is 0 Å². The van der Waals surface area contributed by atoms with Crippen LogP contribution in [0.15, 0.2) is 6.20 Å². The zero-order valence-corrected chi connectivity index (χ0v) is 6.70. The zero-order chi connectivity index (χ0) is 9.42. The van der Waals surface area contributed by atoms with E-state index < -0.39 is 11.8 Å². The average Bonchev–Trinajstić information content (AvgIpc) is 2.48. The molecule has 68 valence electrons. The van der Waals surface area contributed by atoms with E-state index in [1.165, 1.54) is 0 Å². The SMILES string of the molecule is NC(=O)C1Cc2cn[nH]c2NC1=O. The van der Waals surface area contributed by atoms with E-state index >= 15 is 0 Å². The van der Waals surface area contributed by atoms with Gasteiger partial charge in [-0.15, -0.1) is 0 Å². The summed E-state index contributed by atoms with van der Waals surface area (Å²) in [7, 11) is 0. The van der Waals surface area contributed by atoms with Gasteiger partial charge in [-0.05, 0) is 6.42 Å². The molecule has 2 heterocycles. The summed E-state index contributed by atoms with van der Waals surface area (Å²) in [5.74, 6) is -1.19. The van der Waals surface area contributed by atoms with Crippen LogP contribution >= 0.6 is 0 Å². The number of aromatic amines is 1. The standard InChI is InChI=1S/C7H8N4O2/c8-5(12)4-1-3-2-9-11-6(3)10-7(4)13/h2,4H,1H2,(H2,8,12)(H2,9,10,11,13). The quantitative estimate of drug-likeness (QED) is 0.483. The third-order valence-electron chi connectivity index (χ3n) is 2.05. The van der Waals surface area contributed by atoms with Crippen LogP contribution in [0.25, 0.3) is 0 Å². The van der Waals surface area contributed by atoms with E-state index in [1.807, 2.05) is 0 Å². The van der Waals surface area contributed by atoms with Gasteiger partial charge >= 0.3 is 0 Å². The maximum absolute atomic E-state index is 11.2. The molecule has 1 aliphatic rings. The van der Waals surface area contributed by atoms with Crippen LogP contribution in [0, 0.1) is 5.92 Å². The number of H-pyrrole nitrogens is 1. The molecule has 1 unspecified atom stereocenters. The lowest BCUT2D eigenvalue weighted by Crippen LogP contribution is -2.38. The summed E-state index contributed by atoms with van der Waals surface area (Å²) in [6.07, 6.45) is 1.90. The molecule has 4 N–H and O–H groups in total. The number of hydrogen-bond acceptors (Lipinski definition) is 3. The highest BCUT2D eigenvalue weighted by Gasteiger charge is 2.31. The van der Waals surface area contributed by atoms with E-state index in [0.717, 1.165) is 5.56 Å². The number of carbonyl (C=O) groups excluding carboxylic acids is 2. The van der Waals surface area contributed by atoms with Crippen molar-refractivity contribution in [1.29, 1.82) is 0 Å². The summed E-state index contributed by atoms with van der Waals surface area (Å²) in [4.78, 5) is 22.1. The summed E-state index contributed by atoms with van der Waals surface area (Å²) in [5.41, 5.74) is 5.86. The molecule has 1 atom stereocenters. The minimum Gasteiger partial charge on any atom is -0.369 e. The lowest BCUT2D eigenvalue weighted by molar-refractivity contribution is -0.130. The molecule has 1 aromatic rings. The number of amides is 2. The molecule has 0 spiro atoms. The molecule has 0 aromatic carbocycles. The van der Waals surface area contributed by atoms with Gasteiger partial charge in [-0.1, -0.05) is 0 Å². The third kappa shape index (κ3) is 1.16. The fraction of sp³-hybridized carbons (Fsp3) is 0.286. The first-order chi connectivity index (χ1) is 6.18. The number of primary amides is 1. The smallest absolute Gasteiger partial charge is 0.238 e. The van der Waals surface area contributed by atoms with Crippen molar-refractivity contribution in [1.82, 2.24) is 10.2 Å². The van der Waals surface area contributed by atoms with Crippen LogP contribution in [-0.2, 0) is 16.0 Å². The monoisotopic (exact) mass is 180 g/mol. The van der Waals surface area contributed by atoms with Crippen LogP contribution in [-0.4, -0.2) is 22.0 Å². The number of nitrogens with one attached hydrogen (secondary N) is 2. The Hall–Kier alpha value is -1.85. The molecule has 1 aliphatic heterocycles. The first kappa shape index (κ1) is 7.78. The third-order valence-corrected chi connectivity index (χ3v) is 2.05. The van der Waals surface area contributed by atoms with Gasteiger partial charge < -0.3 is 11.1 Å². The maximum atomic E-state index is 11.2. The highest BCUT2D eigenvalue weighted by molar-refractivity contribution is 6.07. The van der Waals surface area contributed by atoms with Crippen molar-refractivity contribution in [2.45, 2.75) is 6.42 Å². The minimum absolute atomic E-state index is 0.326. The van der Waals surface area contributed by atoms with Gasteiger partial charge in [0.05, 0.1) is 6.20 Å². The zero-order valence-electron chi connectivity index (χ0n) is 6.70. The van der Waals surface area contributed by atoms with Gasteiger partial charge in [-0.3, -0.25) is 14.7 Å². The van der Waals surface area contributed by atoms with Gasteiger partial charge in [0.2, 0.25) is 11.8 Å². The van der Waals surface area contributed by atoms with Crippen molar-refractivity contribution in [3.63, 3.8) is 0 Å². The van der Waals surface area contributed by atoms with Crippen molar-refractivity contribution in [3.05, 3.63) is 11.8 Å². The molecular formula is C7H8N4O2. The molecule has 0 saturated heterocycles. The number of hydrogen-bond donors (Lipinski definition) is 3. The van der Waals surface area contributed by atoms with Crippen LogP contribution in [0.5, 0.6) is 0 Å². The van der Waals surface area contributed by atoms with Crippen LogP contribution < -0.4 is 11.1 Å². The number of aromatic nitrogens is 2. The van der Waals surface area contributed by atoms with Gasteiger partial charge in [0.25, 0.3) is 0 Å². The summed E-state index contributed by atoms with van der Waals surface area (Å²) >= 11 is 0. The number of nitrogens with two attached hydrogens (primary N) is 1. The van der Waals surface area contributed by atoms with Crippen molar-refractivity contribution >= 4 is 17.6 Å². The fourth-order valence-corrected chi connectivity index (χ4v) is 1.33. The van der Waals surface area contributed by atoms with E-state index in [4.69, 9.17) is 5.73 Å². The van der Waals surface area contributed by atoms with Crippen LogP contribution in [0.2, 0.25) is 0 Å². The highest BCUT2D eigenvalue weighted by atomic mass is 16.2. The van der Waals surface area contributed by atoms with Crippen LogP contribution in [0.4, 0.5) is 5.82 Å². The minimum atomic E-state index is -0.773. The normalized spacial score (nSPS) is 20.6. The fourth-order valence-electron chi connectivity index (χ4n) is 1.33. The molecule has 6 nitrogen and oxygen atoms in total. The predicted molar refractivity (Wildman–Crippen MR) is 43.6 cm³/mol. The topological polar surface area (TPSA) is 101 Å². The maximum Gasteiger partial charge on any atom is 0.238 e. The number of carbonyl (C=O) groups is 2. The summed E-state index contributed by atoms with van der Waals surface area (Å²) in [6.45, 7) is 0. The first-order valence-electron chi connectivity index (χ1n) is 3.81. The summed E-state index contributed by atoms with van der Waals surface area (Å²) in [6, 6.07) is 0. The molecular weight excluding hydrogens is 172 g/mol. The first-order valence-corrected chi connectivity index (χ1v) is 3.81. The van der Waals surface area contributed by atoms with Gasteiger partial charge in [-0.2, -0.15) is 5.10 Å².